The summed E-state index contributed by atoms with van der Waals surface area (Å²) in [5, 5.41) is 13.7. The molecule has 0 amide bonds. The number of hydrogen-bond acceptors (Lipinski definition) is 6. The molecule has 8 nitrogen and oxygen atoms in total. The fraction of sp³-hybridized carbons (Fsp3) is 0.545. The largest absolute Gasteiger partial charge is 0.376 e. The molecule has 0 radical (unpaired) electrons. The fourth-order valence-electron chi connectivity index (χ4n) is 4.80. The first-order chi connectivity index (χ1) is 14.7. The van der Waals surface area contributed by atoms with Crippen LogP contribution in [0.5, 0.6) is 0 Å². The van der Waals surface area contributed by atoms with Crippen molar-refractivity contribution >= 4 is 10.9 Å². The Kier molecular flexibility index (Phi) is 5.35. The van der Waals surface area contributed by atoms with Crippen LogP contribution in [0.25, 0.3) is 10.9 Å². The quantitative estimate of drug-likeness (QED) is 0.698. The minimum Gasteiger partial charge on any atom is -0.376 e. The Morgan fingerprint density at radius 2 is 2.10 bits per heavy atom. The predicted octanol–water partition coefficient (Wildman–Crippen LogP) is 2.58. The van der Waals surface area contributed by atoms with Crippen LogP contribution in [0, 0.1) is 6.92 Å². The number of hydrogen-bond donors (Lipinski definition) is 1. The van der Waals surface area contributed by atoms with Gasteiger partial charge in [-0.3, -0.25) is 9.69 Å². The van der Waals surface area contributed by atoms with Gasteiger partial charge in [0.2, 0.25) is 0 Å². The summed E-state index contributed by atoms with van der Waals surface area (Å²) in [5.74, 6) is 0.727. The maximum atomic E-state index is 13.2. The highest BCUT2D eigenvalue weighted by Gasteiger charge is 2.32. The lowest BCUT2D eigenvalue weighted by atomic mass is 9.99. The van der Waals surface area contributed by atoms with Crippen LogP contribution < -0.4 is 5.56 Å². The maximum Gasteiger partial charge on any atom is 0.253 e. The van der Waals surface area contributed by atoms with Crippen molar-refractivity contribution < 1.29 is 4.74 Å². The normalized spacial score (nSPS) is 21.3. The lowest BCUT2D eigenvalue weighted by Crippen LogP contribution is -2.39. The van der Waals surface area contributed by atoms with E-state index in [-0.39, 0.29) is 17.7 Å². The van der Waals surface area contributed by atoms with Gasteiger partial charge in [0.05, 0.1) is 18.2 Å². The Labute approximate surface area is 175 Å². The van der Waals surface area contributed by atoms with Crippen molar-refractivity contribution in [2.24, 2.45) is 0 Å². The number of aromatic amines is 1. The SMILES string of the molecule is Cc1cccc2cc([C@H](c3nnnn3C[C@H]3CCCO3)N3CCCCC3)c(=O)[nH]c12. The summed E-state index contributed by atoms with van der Waals surface area (Å²) in [4.78, 5) is 18.7. The monoisotopic (exact) mass is 408 g/mol. The molecule has 0 unspecified atom stereocenters. The van der Waals surface area contributed by atoms with Crippen molar-refractivity contribution in [1.82, 2.24) is 30.1 Å². The van der Waals surface area contributed by atoms with E-state index >= 15 is 0 Å². The Hall–Kier alpha value is -2.58. The van der Waals surface area contributed by atoms with Crippen molar-refractivity contribution in [2.45, 2.75) is 57.7 Å². The van der Waals surface area contributed by atoms with Crippen molar-refractivity contribution in [3.05, 3.63) is 51.6 Å². The van der Waals surface area contributed by atoms with E-state index < -0.39 is 0 Å². The Bertz CT molecular complexity index is 1080. The smallest absolute Gasteiger partial charge is 0.253 e. The number of para-hydroxylation sites is 1. The van der Waals surface area contributed by atoms with E-state index in [0.717, 1.165) is 67.7 Å². The Morgan fingerprint density at radius 1 is 1.23 bits per heavy atom. The Morgan fingerprint density at radius 3 is 2.90 bits per heavy atom. The third-order valence-electron chi connectivity index (χ3n) is 6.37. The lowest BCUT2D eigenvalue weighted by molar-refractivity contribution is 0.0902. The van der Waals surface area contributed by atoms with Gasteiger partial charge in [0.1, 0.15) is 6.04 Å². The number of nitrogens with zero attached hydrogens (tertiary/aromatic N) is 5. The van der Waals surface area contributed by atoms with E-state index in [1.807, 2.05) is 35.9 Å². The summed E-state index contributed by atoms with van der Waals surface area (Å²) in [7, 11) is 0. The lowest BCUT2D eigenvalue weighted by Gasteiger charge is -2.33. The molecule has 0 bridgehead atoms. The molecule has 2 fully saturated rings. The molecular formula is C22H28N6O2. The second kappa shape index (κ2) is 8.28. The summed E-state index contributed by atoms with van der Waals surface area (Å²) in [5.41, 5.74) is 2.59. The fourth-order valence-corrected chi connectivity index (χ4v) is 4.80. The van der Waals surface area contributed by atoms with Crippen LogP contribution in [0.2, 0.25) is 0 Å². The van der Waals surface area contributed by atoms with Gasteiger partial charge < -0.3 is 9.72 Å². The first-order valence-electron chi connectivity index (χ1n) is 10.9. The van der Waals surface area contributed by atoms with Crippen LogP contribution in [-0.4, -0.2) is 55.9 Å². The molecule has 0 spiro atoms. The topological polar surface area (TPSA) is 88.9 Å². The molecule has 5 rings (SSSR count). The Balaban J connectivity index is 1.60. The summed E-state index contributed by atoms with van der Waals surface area (Å²) in [6.45, 7) is 5.30. The number of tetrazole rings is 1. The molecule has 30 heavy (non-hydrogen) atoms. The molecular weight excluding hydrogens is 380 g/mol. The molecule has 8 heteroatoms. The molecule has 158 valence electrons. The van der Waals surface area contributed by atoms with Gasteiger partial charge in [0.25, 0.3) is 5.56 Å². The number of pyridine rings is 1. The maximum absolute atomic E-state index is 13.2. The number of H-pyrrole nitrogens is 1. The molecule has 4 heterocycles. The first-order valence-corrected chi connectivity index (χ1v) is 10.9. The first kappa shape index (κ1) is 19.4. The predicted molar refractivity (Wildman–Crippen MR) is 113 cm³/mol. The number of aryl methyl sites for hydroxylation is 1. The third-order valence-corrected chi connectivity index (χ3v) is 6.37. The van der Waals surface area contributed by atoms with Crippen molar-refractivity contribution in [3.63, 3.8) is 0 Å². The second-order valence-corrected chi connectivity index (χ2v) is 8.45. The molecule has 2 saturated heterocycles. The van der Waals surface area contributed by atoms with E-state index in [0.29, 0.717) is 12.1 Å². The average Bonchev–Trinajstić information content (AvgIpc) is 3.43. The standard InChI is InChI=1S/C22H28N6O2/c1-15-7-5-8-16-13-18(22(29)23-19(15)16)20(27-10-3-2-4-11-27)21-24-25-26-28(21)14-17-9-6-12-30-17/h5,7-8,13,17,20H,2-4,6,9-12,14H2,1H3,(H,23,29)/t17-,20-/m1/s1. The minimum absolute atomic E-state index is 0.0703. The van der Waals surface area contributed by atoms with Crippen LogP contribution in [0.15, 0.2) is 29.1 Å². The van der Waals surface area contributed by atoms with Crippen LogP contribution in [-0.2, 0) is 11.3 Å². The summed E-state index contributed by atoms with van der Waals surface area (Å²) in [6.07, 6.45) is 5.68. The van der Waals surface area contributed by atoms with Crippen molar-refractivity contribution in [2.75, 3.05) is 19.7 Å². The molecule has 2 aliphatic heterocycles. The summed E-state index contributed by atoms with van der Waals surface area (Å²) in [6, 6.07) is 7.84. The van der Waals surface area contributed by atoms with E-state index in [4.69, 9.17) is 4.74 Å². The zero-order valence-electron chi connectivity index (χ0n) is 17.4. The number of piperidine rings is 1. The summed E-state index contributed by atoms with van der Waals surface area (Å²) < 4.78 is 7.65. The molecule has 2 aliphatic rings. The van der Waals surface area contributed by atoms with Crippen LogP contribution >= 0.6 is 0 Å². The van der Waals surface area contributed by atoms with Gasteiger partial charge in [0, 0.05) is 12.2 Å². The van der Waals surface area contributed by atoms with Crippen LogP contribution in [0.3, 0.4) is 0 Å². The number of ether oxygens (including phenoxy) is 1. The van der Waals surface area contributed by atoms with E-state index in [1.165, 1.54) is 6.42 Å². The number of likely N-dealkylation sites (tertiary alicyclic amines) is 1. The molecule has 2 aromatic heterocycles. The third kappa shape index (κ3) is 3.65. The highest BCUT2D eigenvalue weighted by atomic mass is 16.5. The van der Waals surface area contributed by atoms with E-state index in [1.54, 1.807) is 0 Å². The highest BCUT2D eigenvalue weighted by molar-refractivity contribution is 5.82. The van der Waals surface area contributed by atoms with Crippen molar-refractivity contribution in [1.29, 1.82) is 0 Å². The average molecular weight is 409 g/mol. The number of benzene rings is 1. The van der Waals surface area contributed by atoms with Gasteiger partial charge in [-0.05, 0) is 73.1 Å². The molecule has 1 N–H and O–H groups in total. The van der Waals surface area contributed by atoms with E-state index in [2.05, 4.69) is 25.4 Å². The number of rotatable bonds is 5. The zero-order valence-corrected chi connectivity index (χ0v) is 17.4. The van der Waals surface area contributed by atoms with Crippen LogP contribution in [0.1, 0.15) is 55.1 Å². The minimum atomic E-state index is -0.268. The number of fused-ring (bicyclic) bond motifs is 1. The van der Waals surface area contributed by atoms with Gasteiger partial charge >= 0.3 is 0 Å². The number of nitrogens with one attached hydrogen (secondary N) is 1. The van der Waals surface area contributed by atoms with Gasteiger partial charge in [-0.25, -0.2) is 4.68 Å². The molecule has 2 atom stereocenters. The molecule has 0 saturated carbocycles. The molecule has 1 aromatic carbocycles. The zero-order chi connectivity index (χ0) is 20.5. The molecule has 0 aliphatic carbocycles. The second-order valence-electron chi connectivity index (χ2n) is 8.45. The van der Waals surface area contributed by atoms with Gasteiger partial charge in [-0.15, -0.1) is 5.10 Å². The van der Waals surface area contributed by atoms with Crippen LogP contribution in [0.4, 0.5) is 0 Å². The van der Waals surface area contributed by atoms with Gasteiger partial charge in [0.15, 0.2) is 5.82 Å². The van der Waals surface area contributed by atoms with E-state index in [9.17, 15) is 4.79 Å². The van der Waals surface area contributed by atoms with Gasteiger partial charge in [-0.2, -0.15) is 0 Å². The molecule has 3 aromatic rings. The van der Waals surface area contributed by atoms with Crippen molar-refractivity contribution in [3.8, 4) is 0 Å². The van der Waals surface area contributed by atoms with Gasteiger partial charge in [-0.1, -0.05) is 24.6 Å². The highest BCUT2D eigenvalue weighted by Crippen LogP contribution is 2.30. The number of aromatic nitrogens is 5. The summed E-state index contributed by atoms with van der Waals surface area (Å²) >= 11 is 0.